The molecule has 0 spiro atoms. The van der Waals surface area contributed by atoms with Gasteiger partial charge in [-0.05, 0) is 30.9 Å². The Morgan fingerprint density at radius 1 is 1.40 bits per heavy atom. The van der Waals surface area contributed by atoms with Gasteiger partial charge in [0.2, 0.25) is 0 Å². The van der Waals surface area contributed by atoms with Gasteiger partial charge in [0.15, 0.2) is 0 Å². The monoisotopic (exact) mass is 344 g/mol. The van der Waals surface area contributed by atoms with Crippen molar-refractivity contribution < 1.29 is 14.6 Å². The van der Waals surface area contributed by atoms with Crippen LogP contribution >= 0.6 is 0 Å². The Kier molecular flexibility index (Phi) is 6.79. The summed E-state index contributed by atoms with van der Waals surface area (Å²) in [6.07, 6.45) is 3.99. The molecule has 0 radical (unpaired) electrons. The second kappa shape index (κ2) is 8.83. The lowest BCUT2D eigenvalue weighted by Crippen LogP contribution is -2.39. The highest BCUT2D eigenvalue weighted by Crippen LogP contribution is 2.29. The highest BCUT2D eigenvalue weighted by Gasteiger charge is 2.23. The summed E-state index contributed by atoms with van der Waals surface area (Å²) in [5, 5.41) is 14.2. The molecule has 0 aliphatic carbocycles. The van der Waals surface area contributed by atoms with Crippen molar-refractivity contribution in [3.8, 4) is 0 Å². The SMILES string of the molecule is C=CCC(N[C@H](CO)C(C)C)c1cn(C(=O)OCC)c2ccccc12. The first kappa shape index (κ1) is 19.2. The van der Waals surface area contributed by atoms with Crippen molar-refractivity contribution in [2.75, 3.05) is 13.2 Å². The third-order valence-corrected chi connectivity index (χ3v) is 4.40. The number of nitrogens with zero attached hydrogens (tertiary/aromatic N) is 1. The normalized spacial score (nSPS) is 13.8. The number of nitrogens with one attached hydrogen (secondary N) is 1. The minimum atomic E-state index is -0.384. The number of rotatable bonds is 8. The maximum atomic E-state index is 12.3. The van der Waals surface area contributed by atoms with Gasteiger partial charge in [0.1, 0.15) is 0 Å². The van der Waals surface area contributed by atoms with Crippen molar-refractivity contribution in [3.63, 3.8) is 0 Å². The lowest BCUT2D eigenvalue weighted by Gasteiger charge is -2.26. The Bertz CT molecular complexity index is 721. The van der Waals surface area contributed by atoms with E-state index in [0.717, 1.165) is 16.5 Å². The zero-order chi connectivity index (χ0) is 18.4. The van der Waals surface area contributed by atoms with Crippen LogP contribution in [0, 0.1) is 5.92 Å². The van der Waals surface area contributed by atoms with Gasteiger partial charge in [-0.25, -0.2) is 4.79 Å². The number of aromatic nitrogens is 1. The fraction of sp³-hybridized carbons (Fsp3) is 0.450. The summed E-state index contributed by atoms with van der Waals surface area (Å²) in [4.78, 5) is 12.3. The highest BCUT2D eigenvalue weighted by molar-refractivity contribution is 5.92. The predicted molar refractivity (Wildman–Crippen MR) is 101 cm³/mol. The van der Waals surface area contributed by atoms with Crippen LogP contribution in [-0.4, -0.2) is 35.0 Å². The van der Waals surface area contributed by atoms with Crippen LogP contribution in [0.2, 0.25) is 0 Å². The average Bonchev–Trinajstić information content (AvgIpc) is 2.98. The summed E-state index contributed by atoms with van der Waals surface area (Å²) in [7, 11) is 0. The van der Waals surface area contributed by atoms with E-state index in [0.29, 0.717) is 13.0 Å². The van der Waals surface area contributed by atoms with Gasteiger partial charge in [-0.3, -0.25) is 4.57 Å². The molecule has 1 heterocycles. The van der Waals surface area contributed by atoms with Crippen molar-refractivity contribution in [1.29, 1.82) is 0 Å². The average molecular weight is 344 g/mol. The smallest absolute Gasteiger partial charge is 0.418 e. The van der Waals surface area contributed by atoms with E-state index in [2.05, 4.69) is 25.7 Å². The molecular weight excluding hydrogens is 316 g/mol. The molecule has 2 atom stereocenters. The predicted octanol–water partition coefficient (Wildman–Crippen LogP) is 3.87. The molecule has 0 fully saturated rings. The van der Waals surface area contributed by atoms with Crippen molar-refractivity contribution in [3.05, 3.63) is 48.7 Å². The Morgan fingerprint density at radius 2 is 2.12 bits per heavy atom. The number of ether oxygens (including phenoxy) is 1. The van der Waals surface area contributed by atoms with Crippen molar-refractivity contribution in [2.45, 2.75) is 39.3 Å². The van der Waals surface area contributed by atoms with E-state index in [9.17, 15) is 9.90 Å². The Morgan fingerprint density at radius 3 is 2.72 bits per heavy atom. The van der Waals surface area contributed by atoms with Crippen LogP contribution < -0.4 is 5.32 Å². The molecule has 0 saturated carbocycles. The Labute approximate surface area is 149 Å². The van der Waals surface area contributed by atoms with Crippen LogP contribution in [0.25, 0.3) is 10.9 Å². The number of para-hydroxylation sites is 1. The molecule has 0 aliphatic heterocycles. The van der Waals surface area contributed by atoms with Gasteiger partial charge in [-0.1, -0.05) is 38.1 Å². The number of carbonyl (C=O) groups is 1. The molecule has 5 heteroatoms. The summed E-state index contributed by atoms with van der Waals surface area (Å²) in [6, 6.07) is 7.70. The fourth-order valence-electron chi connectivity index (χ4n) is 2.99. The standard InChI is InChI=1S/C20H28N2O3/c1-5-9-17(21-18(13-23)14(3)4)16-12-22(20(24)25-6-2)19-11-8-7-10-15(16)19/h5,7-8,10-12,14,17-18,21,23H,1,6,9,13H2,2-4H3/t17?,18-/m1/s1. The first-order valence-electron chi connectivity index (χ1n) is 8.78. The van der Waals surface area contributed by atoms with Crippen LogP contribution in [0.15, 0.2) is 43.1 Å². The van der Waals surface area contributed by atoms with E-state index in [1.54, 1.807) is 11.5 Å². The third kappa shape index (κ3) is 4.30. The van der Waals surface area contributed by atoms with Crippen LogP contribution in [0.1, 0.15) is 38.8 Å². The zero-order valence-electron chi connectivity index (χ0n) is 15.2. The topological polar surface area (TPSA) is 63.5 Å². The molecule has 5 nitrogen and oxygen atoms in total. The van der Waals surface area contributed by atoms with Crippen molar-refractivity contribution in [1.82, 2.24) is 9.88 Å². The Hall–Kier alpha value is -2.11. The number of hydrogen-bond acceptors (Lipinski definition) is 4. The van der Waals surface area contributed by atoms with E-state index in [1.807, 2.05) is 36.5 Å². The maximum Gasteiger partial charge on any atom is 0.418 e. The van der Waals surface area contributed by atoms with Crippen LogP contribution in [0.5, 0.6) is 0 Å². The van der Waals surface area contributed by atoms with Crippen LogP contribution in [0.4, 0.5) is 4.79 Å². The van der Waals surface area contributed by atoms with Gasteiger partial charge in [0, 0.05) is 23.7 Å². The first-order chi connectivity index (χ1) is 12.0. The van der Waals surface area contributed by atoms with Gasteiger partial charge in [0.25, 0.3) is 0 Å². The molecule has 0 bridgehead atoms. The molecule has 1 aromatic heterocycles. The second-order valence-electron chi connectivity index (χ2n) is 6.45. The molecule has 1 unspecified atom stereocenters. The Balaban J connectivity index is 2.48. The zero-order valence-corrected chi connectivity index (χ0v) is 15.2. The minimum Gasteiger partial charge on any atom is -0.449 e. The molecule has 2 N–H and O–H groups in total. The van der Waals surface area contributed by atoms with Crippen molar-refractivity contribution in [2.24, 2.45) is 5.92 Å². The van der Waals surface area contributed by atoms with Gasteiger partial charge >= 0.3 is 6.09 Å². The fourth-order valence-corrected chi connectivity index (χ4v) is 2.99. The molecular formula is C20H28N2O3. The highest BCUT2D eigenvalue weighted by atomic mass is 16.5. The van der Waals surface area contributed by atoms with Crippen LogP contribution in [-0.2, 0) is 4.74 Å². The molecule has 136 valence electrons. The number of aliphatic hydroxyl groups is 1. The summed E-state index contributed by atoms with van der Waals surface area (Å²) >= 11 is 0. The van der Waals surface area contributed by atoms with E-state index in [-0.39, 0.29) is 30.7 Å². The molecule has 0 amide bonds. The van der Waals surface area contributed by atoms with E-state index >= 15 is 0 Å². The lowest BCUT2D eigenvalue weighted by atomic mass is 9.98. The summed E-state index contributed by atoms with van der Waals surface area (Å²) in [5.74, 6) is 0.288. The number of benzene rings is 1. The number of carbonyl (C=O) groups excluding carboxylic acids is 1. The summed E-state index contributed by atoms with van der Waals surface area (Å²) in [5.41, 5.74) is 1.82. The second-order valence-corrected chi connectivity index (χ2v) is 6.45. The summed E-state index contributed by atoms with van der Waals surface area (Å²) in [6.45, 7) is 10.2. The van der Waals surface area contributed by atoms with Gasteiger partial charge in [-0.15, -0.1) is 6.58 Å². The maximum absolute atomic E-state index is 12.3. The van der Waals surface area contributed by atoms with Gasteiger partial charge in [0.05, 0.1) is 18.7 Å². The minimum absolute atomic E-state index is 0.0327. The molecule has 2 rings (SSSR count). The molecule has 1 aromatic carbocycles. The number of hydrogen-bond donors (Lipinski definition) is 2. The van der Waals surface area contributed by atoms with Gasteiger partial charge in [-0.2, -0.15) is 0 Å². The molecule has 0 saturated heterocycles. The largest absolute Gasteiger partial charge is 0.449 e. The van der Waals surface area contributed by atoms with E-state index < -0.39 is 0 Å². The van der Waals surface area contributed by atoms with Crippen molar-refractivity contribution >= 4 is 17.0 Å². The van der Waals surface area contributed by atoms with Crippen LogP contribution in [0.3, 0.4) is 0 Å². The quantitative estimate of drug-likeness (QED) is 0.714. The van der Waals surface area contributed by atoms with E-state index in [4.69, 9.17) is 4.74 Å². The lowest BCUT2D eigenvalue weighted by molar-refractivity contribution is 0.155. The molecule has 25 heavy (non-hydrogen) atoms. The van der Waals surface area contributed by atoms with E-state index in [1.165, 1.54) is 0 Å². The molecule has 2 aromatic rings. The first-order valence-corrected chi connectivity index (χ1v) is 8.78. The number of fused-ring (bicyclic) bond motifs is 1. The summed E-state index contributed by atoms with van der Waals surface area (Å²) < 4.78 is 6.72. The molecule has 0 aliphatic rings. The van der Waals surface area contributed by atoms with Gasteiger partial charge < -0.3 is 15.2 Å². The third-order valence-electron chi connectivity index (χ3n) is 4.40. The number of aliphatic hydroxyl groups excluding tert-OH is 1.